The van der Waals surface area contributed by atoms with E-state index in [-0.39, 0.29) is 11.9 Å². The Hall–Kier alpha value is -1.90. The smallest absolute Gasteiger partial charge is 0.249 e. The van der Waals surface area contributed by atoms with Gasteiger partial charge in [0.25, 0.3) is 0 Å². The number of hydrogen-bond donors (Lipinski definition) is 1. The first kappa shape index (κ1) is 10.3. The fourth-order valence-electron chi connectivity index (χ4n) is 2.62. The summed E-state index contributed by atoms with van der Waals surface area (Å²) in [5, 5.41) is 1.75. The van der Waals surface area contributed by atoms with Gasteiger partial charge in [0.05, 0.1) is 11.4 Å². The number of carbonyl (C=O) groups excluding carboxylic acids is 1. The number of primary amides is 1. The summed E-state index contributed by atoms with van der Waals surface area (Å²) in [7, 11) is 0. The Balaban J connectivity index is 2.37. The third-order valence-electron chi connectivity index (χ3n) is 3.46. The van der Waals surface area contributed by atoms with Crippen LogP contribution in [0.3, 0.4) is 0 Å². The lowest BCUT2D eigenvalue weighted by Crippen LogP contribution is -2.31. The molecular weight excluding hydrogens is 212 g/mol. The molecule has 0 radical (unpaired) electrons. The van der Waals surface area contributed by atoms with Gasteiger partial charge in [-0.1, -0.05) is 18.2 Å². The SMILES string of the molecule is NC(=O)C1=c2ccccc2=NC2CCCC2=C1. The third-order valence-corrected chi connectivity index (χ3v) is 3.46. The summed E-state index contributed by atoms with van der Waals surface area (Å²) >= 11 is 0. The maximum atomic E-state index is 11.6. The van der Waals surface area contributed by atoms with Crippen molar-refractivity contribution in [2.45, 2.75) is 25.3 Å². The highest BCUT2D eigenvalue weighted by Gasteiger charge is 2.22. The molecule has 2 N–H and O–H groups in total. The molecule has 0 bridgehead atoms. The number of fused-ring (bicyclic) bond motifs is 2. The summed E-state index contributed by atoms with van der Waals surface area (Å²) in [6.07, 6.45) is 5.20. The standard InChI is InChI=1S/C14H14N2O/c15-14(17)11-8-9-4-3-7-12(9)16-13-6-2-1-5-10(11)13/h1-2,5-6,8,12H,3-4,7H2,(H2,15,17). The monoisotopic (exact) mass is 226 g/mol. The zero-order valence-electron chi connectivity index (χ0n) is 9.52. The van der Waals surface area contributed by atoms with E-state index < -0.39 is 0 Å². The van der Waals surface area contributed by atoms with E-state index in [1.807, 2.05) is 30.3 Å². The Kier molecular flexibility index (Phi) is 2.32. The van der Waals surface area contributed by atoms with E-state index in [0.29, 0.717) is 5.57 Å². The van der Waals surface area contributed by atoms with Crippen molar-refractivity contribution in [1.29, 1.82) is 0 Å². The average Bonchev–Trinajstić information content (AvgIpc) is 2.68. The van der Waals surface area contributed by atoms with Crippen molar-refractivity contribution in [2.24, 2.45) is 10.7 Å². The Morgan fingerprint density at radius 1 is 1.35 bits per heavy atom. The minimum Gasteiger partial charge on any atom is -0.366 e. The molecule has 1 unspecified atom stereocenters. The van der Waals surface area contributed by atoms with E-state index in [2.05, 4.69) is 0 Å². The molecule has 0 saturated heterocycles. The van der Waals surface area contributed by atoms with Gasteiger partial charge in [-0.05, 0) is 37.0 Å². The van der Waals surface area contributed by atoms with E-state index in [9.17, 15) is 4.79 Å². The van der Waals surface area contributed by atoms with Crippen LogP contribution in [0.4, 0.5) is 0 Å². The molecule has 2 aliphatic rings. The lowest BCUT2D eigenvalue weighted by atomic mass is 10.1. The van der Waals surface area contributed by atoms with E-state index in [0.717, 1.165) is 29.8 Å². The van der Waals surface area contributed by atoms with Gasteiger partial charge >= 0.3 is 0 Å². The van der Waals surface area contributed by atoms with Crippen LogP contribution in [0.15, 0.2) is 40.9 Å². The van der Waals surface area contributed by atoms with Crippen molar-refractivity contribution in [3.8, 4) is 0 Å². The molecule has 1 aliphatic carbocycles. The predicted molar refractivity (Wildman–Crippen MR) is 65.5 cm³/mol. The number of para-hydroxylation sites is 1. The highest BCUT2D eigenvalue weighted by atomic mass is 16.1. The lowest BCUT2D eigenvalue weighted by molar-refractivity contribution is -0.112. The summed E-state index contributed by atoms with van der Waals surface area (Å²) in [6, 6.07) is 7.97. The second kappa shape index (κ2) is 3.84. The van der Waals surface area contributed by atoms with E-state index in [4.69, 9.17) is 10.7 Å². The van der Waals surface area contributed by atoms with Crippen LogP contribution in [0.5, 0.6) is 0 Å². The molecule has 1 atom stereocenters. The van der Waals surface area contributed by atoms with Gasteiger partial charge in [-0.25, -0.2) is 0 Å². The number of amides is 1. The lowest BCUT2D eigenvalue weighted by Gasteiger charge is -2.03. The summed E-state index contributed by atoms with van der Waals surface area (Å²) in [5.41, 5.74) is 7.32. The number of carbonyl (C=O) groups is 1. The zero-order chi connectivity index (χ0) is 11.8. The molecule has 1 heterocycles. The molecule has 1 aromatic rings. The molecule has 1 fully saturated rings. The molecule has 3 nitrogen and oxygen atoms in total. The normalized spacial score (nSPS) is 22.0. The Morgan fingerprint density at radius 2 is 2.18 bits per heavy atom. The Labute approximate surface area is 99.4 Å². The maximum Gasteiger partial charge on any atom is 0.249 e. The van der Waals surface area contributed by atoms with Crippen LogP contribution in [0.2, 0.25) is 0 Å². The molecule has 17 heavy (non-hydrogen) atoms. The minimum atomic E-state index is -0.368. The minimum absolute atomic E-state index is 0.244. The highest BCUT2D eigenvalue weighted by molar-refractivity contribution is 6.16. The summed E-state index contributed by atoms with van der Waals surface area (Å²) in [6.45, 7) is 0. The Morgan fingerprint density at radius 3 is 3.00 bits per heavy atom. The van der Waals surface area contributed by atoms with Crippen LogP contribution in [0, 0.1) is 0 Å². The number of rotatable bonds is 1. The first-order valence-corrected chi connectivity index (χ1v) is 5.93. The zero-order valence-corrected chi connectivity index (χ0v) is 9.52. The number of benzene rings is 1. The van der Waals surface area contributed by atoms with Gasteiger partial charge in [0.1, 0.15) is 0 Å². The van der Waals surface area contributed by atoms with Crippen molar-refractivity contribution in [2.75, 3.05) is 0 Å². The molecule has 1 amide bonds. The van der Waals surface area contributed by atoms with Crippen molar-refractivity contribution in [3.63, 3.8) is 0 Å². The van der Waals surface area contributed by atoms with Crippen LogP contribution in [-0.4, -0.2) is 11.9 Å². The average molecular weight is 226 g/mol. The van der Waals surface area contributed by atoms with Gasteiger partial charge in [0.15, 0.2) is 0 Å². The molecule has 0 spiro atoms. The first-order valence-electron chi connectivity index (χ1n) is 5.93. The molecule has 3 rings (SSSR count). The van der Waals surface area contributed by atoms with Gasteiger partial charge in [-0.2, -0.15) is 0 Å². The van der Waals surface area contributed by atoms with Crippen LogP contribution >= 0.6 is 0 Å². The van der Waals surface area contributed by atoms with Crippen LogP contribution in [0.25, 0.3) is 5.57 Å². The van der Waals surface area contributed by atoms with E-state index >= 15 is 0 Å². The summed E-state index contributed by atoms with van der Waals surface area (Å²) in [5.74, 6) is -0.368. The quantitative estimate of drug-likeness (QED) is 0.742. The molecule has 0 aromatic heterocycles. The highest BCUT2D eigenvalue weighted by Crippen LogP contribution is 2.28. The predicted octanol–water partition coefficient (Wildman–Crippen LogP) is 0.435. The van der Waals surface area contributed by atoms with Gasteiger partial charge in [-0.15, -0.1) is 0 Å². The second-order valence-electron chi connectivity index (χ2n) is 4.55. The van der Waals surface area contributed by atoms with Crippen molar-refractivity contribution >= 4 is 11.5 Å². The topological polar surface area (TPSA) is 55.5 Å². The Bertz CT molecular complexity index is 628. The van der Waals surface area contributed by atoms with Crippen LogP contribution in [0.1, 0.15) is 19.3 Å². The third kappa shape index (κ3) is 1.68. The first-order chi connectivity index (χ1) is 8.25. The van der Waals surface area contributed by atoms with Crippen molar-refractivity contribution in [3.05, 3.63) is 46.5 Å². The van der Waals surface area contributed by atoms with Crippen molar-refractivity contribution < 1.29 is 4.79 Å². The van der Waals surface area contributed by atoms with Gasteiger partial charge in [0, 0.05) is 10.8 Å². The summed E-state index contributed by atoms with van der Waals surface area (Å²) < 4.78 is 0. The van der Waals surface area contributed by atoms with Crippen LogP contribution in [-0.2, 0) is 4.79 Å². The maximum absolute atomic E-state index is 11.6. The molecule has 1 aliphatic heterocycles. The molecular formula is C14H14N2O. The molecule has 1 aromatic carbocycles. The van der Waals surface area contributed by atoms with E-state index in [1.54, 1.807) is 0 Å². The van der Waals surface area contributed by atoms with Gasteiger partial charge in [-0.3, -0.25) is 9.79 Å². The van der Waals surface area contributed by atoms with Crippen LogP contribution < -0.4 is 16.3 Å². The number of nitrogens with zero attached hydrogens (tertiary/aromatic N) is 1. The van der Waals surface area contributed by atoms with Gasteiger partial charge in [0.2, 0.25) is 5.91 Å². The molecule has 86 valence electrons. The largest absolute Gasteiger partial charge is 0.366 e. The number of nitrogens with two attached hydrogens (primary N) is 1. The fourth-order valence-corrected chi connectivity index (χ4v) is 2.62. The second-order valence-corrected chi connectivity index (χ2v) is 4.55. The molecule has 1 saturated carbocycles. The number of hydrogen-bond acceptors (Lipinski definition) is 2. The fraction of sp³-hybridized carbons (Fsp3) is 0.286. The van der Waals surface area contributed by atoms with E-state index in [1.165, 1.54) is 5.57 Å². The summed E-state index contributed by atoms with van der Waals surface area (Å²) in [4.78, 5) is 16.3. The molecule has 3 heteroatoms. The van der Waals surface area contributed by atoms with Crippen molar-refractivity contribution in [1.82, 2.24) is 0 Å². The van der Waals surface area contributed by atoms with Gasteiger partial charge < -0.3 is 5.73 Å².